The quantitative estimate of drug-likeness (QED) is 0.809. The molecular formula is C15H15F4NO2. The molecule has 120 valence electrons. The molecule has 1 amide bonds. The van der Waals surface area contributed by atoms with Crippen molar-refractivity contribution in [3.05, 3.63) is 35.6 Å². The molecule has 0 radical (unpaired) electrons. The third-order valence-electron chi connectivity index (χ3n) is 4.62. The number of amides is 1. The van der Waals surface area contributed by atoms with E-state index in [0.29, 0.717) is 12.8 Å². The Bertz CT molecular complexity index is 587. The van der Waals surface area contributed by atoms with Gasteiger partial charge in [0.1, 0.15) is 5.82 Å². The number of nitrogens with zero attached hydrogens (tertiary/aromatic N) is 1. The maximum absolute atomic E-state index is 13.9. The summed E-state index contributed by atoms with van der Waals surface area (Å²) < 4.78 is 51.9. The van der Waals surface area contributed by atoms with Crippen LogP contribution >= 0.6 is 0 Å². The van der Waals surface area contributed by atoms with Gasteiger partial charge in [-0.15, -0.1) is 0 Å². The maximum atomic E-state index is 13.9. The van der Waals surface area contributed by atoms with Crippen molar-refractivity contribution in [3.63, 3.8) is 0 Å². The van der Waals surface area contributed by atoms with E-state index in [0.717, 1.165) is 4.90 Å². The summed E-state index contributed by atoms with van der Waals surface area (Å²) in [6.45, 7) is 0. The van der Waals surface area contributed by atoms with Crippen LogP contribution in [0.5, 0.6) is 0 Å². The zero-order valence-electron chi connectivity index (χ0n) is 11.6. The summed E-state index contributed by atoms with van der Waals surface area (Å²) in [5, 5.41) is 10.7. The van der Waals surface area contributed by atoms with Crippen LogP contribution in [0.4, 0.5) is 17.6 Å². The second kappa shape index (κ2) is 4.94. The molecule has 2 bridgehead atoms. The van der Waals surface area contributed by atoms with Gasteiger partial charge in [0.05, 0.1) is 5.60 Å². The Hall–Kier alpha value is -1.63. The zero-order chi connectivity index (χ0) is 16.1. The fraction of sp³-hybridized carbons (Fsp3) is 0.533. The molecule has 3 nitrogen and oxygen atoms in total. The van der Waals surface area contributed by atoms with Crippen LogP contribution in [0, 0.1) is 5.82 Å². The number of carbonyl (C=O) groups is 1. The highest BCUT2D eigenvalue weighted by atomic mass is 19.4. The molecule has 2 atom stereocenters. The van der Waals surface area contributed by atoms with Gasteiger partial charge in [0, 0.05) is 30.5 Å². The average Bonchev–Trinajstić information content (AvgIpc) is 2.70. The number of fused-ring (bicyclic) bond motifs is 2. The lowest BCUT2D eigenvalue weighted by molar-refractivity contribution is -0.194. The molecule has 3 rings (SSSR count). The lowest BCUT2D eigenvalue weighted by Crippen LogP contribution is -2.55. The van der Waals surface area contributed by atoms with E-state index < -0.39 is 35.6 Å². The highest BCUT2D eigenvalue weighted by Crippen LogP contribution is 2.47. The Morgan fingerprint density at radius 2 is 1.73 bits per heavy atom. The lowest BCUT2D eigenvalue weighted by atomic mass is 9.80. The van der Waals surface area contributed by atoms with Gasteiger partial charge in [-0.2, -0.15) is 13.2 Å². The number of hydrogen-bond donors (Lipinski definition) is 1. The number of piperidine rings is 1. The predicted octanol–water partition coefficient (Wildman–Crippen LogP) is 2.73. The molecule has 0 aliphatic carbocycles. The Labute approximate surface area is 124 Å². The Kier molecular flexibility index (Phi) is 3.43. The normalized spacial score (nSPS) is 31.4. The van der Waals surface area contributed by atoms with Gasteiger partial charge in [0.25, 0.3) is 0 Å². The first-order valence-corrected chi connectivity index (χ1v) is 7.09. The number of hydrogen-bond acceptors (Lipinski definition) is 2. The van der Waals surface area contributed by atoms with E-state index in [1.807, 2.05) is 0 Å². The van der Waals surface area contributed by atoms with Crippen molar-refractivity contribution in [3.8, 4) is 0 Å². The van der Waals surface area contributed by atoms with E-state index in [1.54, 1.807) is 6.07 Å². The number of halogens is 4. The molecule has 1 aromatic carbocycles. The van der Waals surface area contributed by atoms with Crippen LogP contribution in [-0.4, -0.2) is 34.2 Å². The monoisotopic (exact) mass is 317 g/mol. The Morgan fingerprint density at radius 1 is 1.18 bits per heavy atom. The van der Waals surface area contributed by atoms with Gasteiger partial charge in [0.2, 0.25) is 0 Å². The summed E-state index contributed by atoms with van der Waals surface area (Å²) in [5.74, 6) is -2.45. The number of carbonyl (C=O) groups excluding carboxylic acids is 1. The molecule has 22 heavy (non-hydrogen) atoms. The van der Waals surface area contributed by atoms with Gasteiger partial charge in [-0.05, 0) is 18.9 Å². The highest BCUT2D eigenvalue weighted by Gasteiger charge is 2.55. The zero-order valence-corrected chi connectivity index (χ0v) is 11.6. The summed E-state index contributed by atoms with van der Waals surface area (Å²) in [7, 11) is 0. The topological polar surface area (TPSA) is 40.5 Å². The molecule has 2 aliphatic rings. The first-order valence-electron chi connectivity index (χ1n) is 7.09. The molecular weight excluding hydrogens is 302 g/mol. The third kappa shape index (κ3) is 2.37. The number of benzene rings is 1. The summed E-state index contributed by atoms with van der Waals surface area (Å²) in [4.78, 5) is 12.4. The molecule has 1 aromatic rings. The predicted molar refractivity (Wildman–Crippen MR) is 69.2 cm³/mol. The minimum absolute atomic E-state index is 0.0771. The van der Waals surface area contributed by atoms with Crippen LogP contribution in [0.2, 0.25) is 0 Å². The number of rotatable bonds is 1. The smallest absolute Gasteiger partial charge is 0.385 e. The highest BCUT2D eigenvalue weighted by molar-refractivity contribution is 5.83. The number of alkyl halides is 3. The minimum atomic E-state index is -4.92. The summed E-state index contributed by atoms with van der Waals surface area (Å²) in [6, 6.07) is 4.29. The van der Waals surface area contributed by atoms with Gasteiger partial charge in [-0.1, -0.05) is 18.2 Å². The van der Waals surface area contributed by atoms with Crippen LogP contribution in [0.25, 0.3) is 0 Å². The maximum Gasteiger partial charge on any atom is 0.471 e. The van der Waals surface area contributed by atoms with Crippen LogP contribution < -0.4 is 0 Å². The van der Waals surface area contributed by atoms with E-state index in [2.05, 4.69) is 0 Å². The summed E-state index contributed by atoms with van der Waals surface area (Å²) >= 11 is 0. The molecule has 0 spiro atoms. The van der Waals surface area contributed by atoms with Gasteiger partial charge in [-0.25, -0.2) is 4.39 Å². The van der Waals surface area contributed by atoms with Crippen LogP contribution in [0.1, 0.15) is 31.2 Å². The van der Waals surface area contributed by atoms with Crippen molar-refractivity contribution >= 4 is 5.91 Å². The van der Waals surface area contributed by atoms with Crippen molar-refractivity contribution in [2.75, 3.05) is 0 Å². The van der Waals surface area contributed by atoms with E-state index in [1.165, 1.54) is 18.2 Å². The van der Waals surface area contributed by atoms with Gasteiger partial charge < -0.3 is 10.0 Å². The Morgan fingerprint density at radius 3 is 2.23 bits per heavy atom. The molecule has 0 saturated carbocycles. The van der Waals surface area contributed by atoms with Gasteiger partial charge in [-0.3, -0.25) is 4.79 Å². The fourth-order valence-electron chi connectivity index (χ4n) is 3.76. The first-order chi connectivity index (χ1) is 10.2. The first kappa shape index (κ1) is 15.3. The van der Waals surface area contributed by atoms with Crippen molar-refractivity contribution in [2.45, 2.75) is 49.5 Å². The molecule has 2 aliphatic heterocycles. The largest absolute Gasteiger partial charge is 0.471 e. The SMILES string of the molecule is O=C(N1C2CCC1CC(O)(c1ccccc1F)C2)C(F)(F)F. The van der Waals surface area contributed by atoms with Crippen molar-refractivity contribution in [1.29, 1.82) is 0 Å². The van der Waals surface area contributed by atoms with E-state index >= 15 is 0 Å². The molecule has 0 aromatic heterocycles. The second-order valence-electron chi connectivity index (χ2n) is 6.01. The van der Waals surface area contributed by atoms with Crippen molar-refractivity contribution in [2.24, 2.45) is 0 Å². The van der Waals surface area contributed by atoms with Crippen LogP contribution in [-0.2, 0) is 10.4 Å². The van der Waals surface area contributed by atoms with Gasteiger partial charge in [0.15, 0.2) is 0 Å². The molecule has 2 fully saturated rings. The summed E-state index contributed by atoms with van der Waals surface area (Å²) in [6.07, 6.45) is -4.29. The van der Waals surface area contributed by atoms with Crippen LogP contribution in [0.15, 0.2) is 24.3 Å². The minimum Gasteiger partial charge on any atom is -0.385 e. The van der Waals surface area contributed by atoms with E-state index in [-0.39, 0.29) is 18.4 Å². The second-order valence-corrected chi connectivity index (χ2v) is 6.01. The van der Waals surface area contributed by atoms with Crippen molar-refractivity contribution in [1.82, 2.24) is 4.90 Å². The summed E-state index contributed by atoms with van der Waals surface area (Å²) in [5.41, 5.74) is -1.44. The van der Waals surface area contributed by atoms with E-state index in [4.69, 9.17) is 0 Å². The molecule has 7 heteroatoms. The lowest BCUT2D eigenvalue weighted by Gasteiger charge is -2.44. The molecule has 2 unspecified atom stereocenters. The van der Waals surface area contributed by atoms with Crippen molar-refractivity contribution < 1.29 is 27.5 Å². The van der Waals surface area contributed by atoms with Crippen LogP contribution in [0.3, 0.4) is 0 Å². The average molecular weight is 317 g/mol. The third-order valence-corrected chi connectivity index (χ3v) is 4.62. The number of aliphatic hydroxyl groups is 1. The standard InChI is InChI=1S/C15H15F4NO2/c16-12-4-2-1-3-11(12)14(22)7-9-5-6-10(8-14)20(9)13(21)15(17,18)19/h1-4,9-10,22H,5-8H2. The fourth-order valence-corrected chi connectivity index (χ4v) is 3.76. The van der Waals surface area contributed by atoms with E-state index in [9.17, 15) is 27.5 Å². The molecule has 1 N–H and O–H groups in total. The Balaban J connectivity index is 1.89. The molecule has 2 heterocycles. The molecule has 2 saturated heterocycles. The van der Waals surface area contributed by atoms with Gasteiger partial charge >= 0.3 is 12.1 Å².